The molecule has 1 aliphatic heterocycles. The van der Waals surface area contributed by atoms with Gasteiger partial charge in [-0.15, -0.1) is 0 Å². The third kappa shape index (κ3) is 5.61. The summed E-state index contributed by atoms with van der Waals surface area (Å²) in [6.45, 7) is 3.93. The van der Waals surface area contributed by atoms with Crippen LogP contribution in [0.3, 0.4) is 0 Å². The molecular weight excluding hydrogens is 421 g/mol. The molecule has 0 radical (unpaired) electrons. The monoisotopic (exact) mass is 449 g/mol. The number of hydrogen-bond donors (Lipinski definition) is 1. The second kappa shape index (κ2) is 10.3. The maximum atomic E-state index is 14.2. The summed E-state index contributed by atoms with van der Waals surface area (Å²) < 4.78 is 24.6. The van der Waals surface area contributed by atoms with Gasteiger partial charge in [-0.1, -0.05) is 25.0 Å². The maximum absolute atomic E-state index is 14.2. The van der Waals surface area contributed by atoms with Gasteiger partial charge in [0, 0.05) is 13.1 Å². The van der Waals surface area contributed by atoms with Crippen molar-refractivity contribution in [3.63, 3.8) is 0 Å². The average molecular weight is 450 g/mol. The number of nitrogens with one attached hydrogen (secondary N) is 1. The third-order valence-corrected chi connectivity index (χ3v) is 5.81. The van der Waals surface area contributed by atoms with E-state index in [1.54, 1.807) is 30.5 Å². The predicted molar refractivity (Wildman–Crippen MR) is 128 cm³/mol. The van der Waals surface area contributed by atoms with Crippen LogP contribution < -0.4 is 19.7 Å². The van der Waals surface area contributed by atoms with E-state index in [0.29, 0.717) is 17.0 Å². The van der Waals surface area contributed by atoms with Gasteiger partial charge in [-0.25, -0.2) is 14.2 Å². The van der Waals surface area contributed by atoms with Gasteiger partial charge < -0.3 is 14.4 Å². The zero-order chi connectivity index (χ0) is 23.2. The molecule has 1 fully saturated rings. The molecular formula is C26H28FN3O3. The summed E-state index contributed by atoms with van der Waals surface area (Å²) in [6.07, 6.45) is 5.90. The highest BCUT2D eigenvalue weighted by Crippen LogP contribution is 2.31. The van der Waals surface area contributed by atoms with Crippen molar-refractivity contribution in [3.8, 4) is 22.6 Å². The highest BCUT2D eigenvalue weighted by Gasteiger charge is 2.13. The summed E-state index contributed by atoms with van der Waals surface area (Å²) in [5, 5.41) is 2.71. The Labute approximate surface area is 193 Å². The number of pyridine rings is 1. The lowest BCUT2D eigenvalue weighted by molar-refractivity contribution is 0.215. The van der Waals surface area contributed by atoms with E-state index in [9.17, 15) is 9.18 Å². The Bertz CT molecular complexity index is 1110. The van der Waals surface area contributed by atoms with Crippen LogP contribution in [-0.4, -0.2) is 31.3 Å². The van der Waals surface area contributed by atoms with Gasteiger partial charge in [0.1, 0.15) is 11.6 Å². The molecule has 4 rings (SSSR count). The smallest absolute Gasteiger partial charge is 0.417 e. The number of rotatable bonds is 5. The summed E-state index contributed by atoms with van der Waals surface area (Å²) in [7, 11) is 1.43. The van der Waals surface area contributed by atoms with Crippen LogP contribution in [0.2, 0.25) is 0 Å². The molecule has 0 saturated carbocycles. The van der Waals surface area contributed by atoms with Crippen LogP contribution in [0.4, 0.5) is 20.7 Å². The number of aromatic nitrogens is 1. The molecule has 0 unspecified atom stereocenters. The van der Waals surface area contributed by atoms with Crippen LogP contribution in [0.1, 0.15) is 31.2 Å². The number of nitrogens with zero attached hydrogens (tertiary/aromatic N) is 2. The third-order valence-electron chi connectivity index (χ3n) is 5.81. The topological polar surface area (TPSA) is 63.7 Å². The molecule has 6 nitrogen and oxygen atoms in total. The molecule has 172 valence electrons. The fraction of sp³-hybridized carbons (Fsp3) is 0.308. The van der Waals surface area contributed by atoms with Crippen LogP contribution in [-0.2, 0) is 0 Å². The number of carbonyl (C=O) groups is 1. The van der Waals surface area contributed by atoms with E-state index in [2.05, 4.69) is 15.2 Å². The summed E-state index contributed by atoms with van der Waals surface area (Å²) in [4.78, 5) is 19.2. The predicted octanol–water partition coefficient (Wildman–Crippen LogP) is 6.20. The second-order valence-corrected chi connectivity index (χ2v) is 8.15. The van der Waals surface area contributed by atoms with Crippen LogP contribution >= 0.6 is 0 Å². The Morgan fingerprint density at radius 1 is 1.03 bits per heavy atom. The average Bonchev–Trinajstić information content (AvgIpc) is 3.10. The second-order valence-electron chi connectivity index (χ2n) is 8.15. The Kier molecular flexibility index (Phi) is 7.07. The van der Waals surface area contributed by atoms with Crippen molar-refractivity contribution >= 4 is 17.6 Å². The van der Waals surface area contributed by atoms with E-state index in [0.717, 1.165) is 30.0 Å². The minimum atomic E-state index is -0.616. The first kappa shape index (κ1) is 22.6. The molecule has 2 aromatic carbocycles. The summed E-state index contributed by atoms with van der Waals surface area (Å²) >= 11 is 0. The van der Waals surface area contributed by atoms with E-state index in [1.165, 1.54) is 38.9 Å². The van der Waals surface area contributed by atoms with E-state index in [4.69, 9.17) is 9.47 Å². The molecule has 33 heavy (non-hydrogen) atoms. The molecule has 1 amide bonds. The van der Waals surface area contributed by atoms with Crippen LogP contribution in [0.15, 0.2) is 54.7 Å². The largest absolute Gasteiger partial charge is 0.494 e. The quantitative estimate of drug-likeness (QED) is 0.503. The zero-order valence-corrected chi connectivity index (χ0v) is 18.9. The molecule has 0 bridgehead atoms. The van der Waals surface area contributed by atoms with Gasteiger partial charge in [-0.2, -0.15) is 0 Å². The number of benzene rings is 2. The van der Waals surface area contributed by atoms with Gasteiger partial charge in [0.05, 0.1) is 19.0 Å². The number of methoxy groups -OCH3 is 1. The van der Waals surface area contributed by atoms with Gasteiger partial charge >= 0.3 is 6.09 Å². The molecule has 1 saturated heterocycles. The molecule has 3 aromatic rings. The summed E-state index contributed by atoms with van der Waals surface area (Å²) in [5.41, 5.74) is 2.93. The standard InChI is InChI=1S/C26H28FN3O3/c1-18-7-10-21(16-22(18)19-8-11-24(32-2)23(27)15-19)33-26(31)29-20-9-12-25(28-17-20)30-13-5-3-4-6-14-30/h7-12,15-17H,3-6,13-14H2,1-2H3,(H,29,31). The van der Waals surface area contributed by atoms with E-state index in [-0.39, 0.29) is 5.75 Å². The van der Waals surface area contributed by atoms with Gasteiger partial charge in [0.15, 0.2) is 11.6 Å². The van der Waals surface area contributed by atoms with Crippen molar-refractivity contribution in [1.82, 2.24) is 4.98 Å². The maximum Gasteiger partial charge on any atom is 0.417 e. The number of hydrogen-bond acceptors (Lipinski definition) is 5. The normalized spacial score (nSPS) is 13.8. The molecule has 0 aliphatic carbocycles. The van der Waals surface area contributed by atoms with Crippen molar-refractivity contribution < 1.29 is 18.7 Å². The molecule has 2 heterocycles. The van der Waals surface area contributed by atoms with Crippen molar-refractivity contribution in [2.45, 2.75) is 32.6 Å². The van der Waals surface area contributed by atoms with Crippen molar-refractivity contribution in [1.29, 1.82) is 0 Å². The Hall–Kier alpha value is -3.61. The summed E-state index contributed by atoms with van der Waals surface area (Å²) in [5.74, 6) is 1.01. The fourth-order valence-corrected chi connectivity index (χ4v) is 4.01. The molecule has 1 N–H and O–H groups in total. The first-order chi connectivity index (χ1) is 16.0. The highest BCUT2D eigenvalue weighted by molar-refractivity contribution is 5.86. The first-order valence-corrected chi connectivity index (χ1v) is 11.2. The van der Waals surface area contributed by atoms with Crippen molar-refractivity contribution in [2.75, 3.05) is 30.4 Å². The van der Waals surface area contributed by atoms with Crippen LogP contribution in [0, 0.1) is 12.7 Å². The Balaban J connectivity index is 1.42. The molecule has 0 spiro atoms. The highest BCUT2D eigenvalue weighted by atomic mass is 19.1. The van der Waals surface area contributed by atoms with Crippen molar-refractivity contribution in [3.05, 3.63) is 66.1 Å². The first-order valence-electron chi connectivity index (χ1n) is 11.2. The Morgan fingerprint density at radius 2 is 1.82 bits per heavy atom. The minimum Gasteiger partial charge on any atom is -0.494 e. The molecule has 1 aromatic heterocycles. The van der Waals surface area contributed by atoms with Crippen LogP contribution in [0.5, 0.6) is 11.5 Å². The zero-order valence-electron chi connectivity index (χ0n) is 18.9. The number of carbonyl (C=O) groups excluding carboxylic acids is 1. The van der Waals surface area contributed by atoms with Gasteiger partial charge in [0.25, 0.3) is 0 Å². The fourth-order valence-electron chi connectivity index (χ4n) is 4.01. The molecule has 0 atom stereocenters. The Morgan fingerprint density at radius 3 is 2.48 bits per heavy atom. The lowest BCUT2D eigenvalue weighted by Gasteiger charge is -2.21. The van der Waals surface area contributed by atoms with Gasteiger partial charge in [-0.05, 0) is 72.9 Å². The number of amides is 1. The van der Waals surface area contributed by atoms with Crippen LogP contribution in [0.25, 0.3) is 11.1 Å². The van der Waals surface area contributed by atoms with E-state index >= 15 is 0 Å². The minimum absolute atomic E-state index is 0.179. The van der Waals surface area contributed by atoms with Gasteiger partial charge in [-0.3, -0.25) is 5.32 Å². The number of ether oxygens (including phenoxy) is 2. The lowest BCUT2D eigenvalue weighted by Crippen LogP contribution is -2.25. The molecule has 7 heteroatoms. The van der Waals surface area contributed by atoms with Gasteiger partial charge in [0.2, 0.25) is 0 Å². The number of halogens is 1. The number of anilines is 2. The number of aryl methyl sites for hydroxylation is 1. The SMILES string of the molecule is COc1ccc(-c2cc(OC(=O)Nc3ccc(N4CCCCCC4)nc3)ccc2C)cc1F. The summed E-state index contributed by atoms with van der Waals surface area (Å²) in [6, 6.07) is 13.8. The molecule has 1 aliphatic rings. The van der Waals surface area contributed by atoms with Crippen molar-refractivity contribution in [2.24, 2.45) is 0 Å². The van der Waals surface area contributed by atoms with E-state index in [1.807, 2.05) is 25.1 Å². The lowest BCUT2D eigenvalue weighted by atomic mass is 10.00. The van der Waals surface area contributed by atoms with E-state index < -0.39 is 11.9 Å².